The normalized spacial score (nSPS) is 13.3. The highest BCUT2D eigenvalue weighted by molar-refractivity contribution is 8.02. The SMILES string of the molecule is C=N/C=C(/CNC(=O)c1ccc2c(c1C)NC(=O)c1ccccc1S2)SCn1cc(C(F)(F)F)cn1. The molecular formula is C24H20F3N5O2S2. The van der Waals surface area contributed by atoms with Crippen molar-refractivity contribution in [2.45, 2.75) is 28.8 Å². The number of carbonyl (C=O) groups is 2. The highest BCUT2D eigenvalue weighted by Gasteiger charge is 2.32. The van der Waals surface area contributed by atoms with Crippen molar-refractivity contribution in [2.24, 2.45) is 4.99 Å². The lowest BCUT2D eigenvalue weighted by atomic mass is 10.1. The summed E-state index contributed by atoms with van der Waals surface area (Å²) in [7, 11) is 0. The molecule has 186 valence electrons. The number of benzene rings is 2. The molecule has 3 aromatic rings. The molecule has 1 aliphatic heterocycles. The number of nitrogens with zero attached hydrogens (tertiary/aromatic N) is 3. The first-order valence-electron chi connectivity index (χ1n) is 10.5. The van der Waals surface area contributed by atoms with E-state index in [2.05, 4.69) is 27.4 Å². The van der Waals surface area contributed by atoms with Gasteiger partial charge >= 0.3 is 6.18 Å². The standard InChI is InChI=1S/C24H20F3N5O2S2/c1-14-17(7-8-20-21(14)31-23(34)18-5-3-4-6-19(18)36-20)22(33)29-11-16(10-28-2)35-13-32-12-15(9-30-32)24(25,26)27/h3-10,12H,2,11,13H2,1H3,(H,29,33)(H,31,34)/b16-10-. The molecule has 1 aliphatic rings. The summed E-state index contributed by atoms with van der Waals surface area (Å²) in [6.45, 7) is 5.25. The summed E-state index contributed by atoms with van der Waals surface area (Å²) < 4.78 is 39.5. The fraction of sp³-hybridized carbons (Fsp3) is 0.167. The van der Waals surface area contributed by atoms with Gasteiger partial charge in [0.05, 0.1) is 35.4 Å². The van der Waals surface area contributed by atoms with Crippen molar-refractivity contribution >= 4 is 47.7 Å². The number of thioether (sulfide) groups is 1. The number of nitrogens with one attached hydrogen (secondary N) is 2. The smallest absolute Gasteiger partial charge is 0.347 e. The second-order valence-electron chi connectivity index (χ2n) is 7.66. The Labute approximate surface area is 213 Å². The minimum absolute atomic E-state index is 0.0823. The van der Waals surface area contributed by atoms with Crippen LogP contribution in [-0.2, 0) is 12.1 Å². The van der Waals surface area contributed by atoms with Crippen molar-refractivity contribution in [2.75, 3.05) is 11.9 Å². The molecule has 0 spiro atoms. The van der Waals surface area contributed by atoms with E-state index in [0.29, 0.717) is 27.3 Å². The van der Waals surface area contributed by atoms with Crippen LogP contribution in [0.15, 0.2) is 74.7 Å². The van der Waals surface area contributed by atoms with E-state index in [1.807, 2.05) is 12.1 Å². The van der Waals surface area contributed by atoms with E-state index < -0.39 is 11.7 Å². The number of anilines is 1. The summed E-state index contributed by atoms with van der Waals surface area (Å²) >= 11 is 2.62. The first-order chi connectivity index (χ1) is 17.2. The second kappa shape index (κ2) is 10.6. The minimum atomic E-state index is -4.47. The van der Waals surface area contributed by atoms with Crippen LogP contribution in [0.2, 0.25) is 0 Å². The van der Waals surface area contributed by atoms with Gasteiger partial charge in [0.25, 0.3) is 11.8 Å². The topological polar surface area (TPSA) is 88.4 Å². The molecule has 2 amide bonds. The van der Waals surface area contributed by atoms with Gasteiger partial charge in [0.1, 0.15) is 0 Å². The molecule has 0 saturated heterocycles. The Kier molecular flexibility index (Phi) is 7.55. The van der Waals surface area contributed by atoms with E-state index in [1.54, 1.807) is 31.2 Å². The van der Waals surface area contributed by atoms with Gasteiger partial charge in [0, 0.05) is 32.7 Å². The molecule has 1 aromatic heterocycles. The molecule has 2 aromatic carbocycles. The average molecular weight is 532 g/mol. The van der Waals surface area contributed by atoms with Crippen molar-refractivity contribution < 1.29 is 22.8 Å². The van der Waals surface area contributed by atoms with Crippen LogP contribution in [0.3, 0.4) is 0 Å². The number of rotatable bonds is 7. The number of carbonyl (C=O) groups excluding carboxylic acids is 2. The molecular weight excluding hydrogens is 511 g/mol. The molecule has 0 atom stereocenters. The molecule has 7 nitrogen and oxygen atoms in total. The van der Waals surface area contributed by atoms with Gasteiger partial charge in [-0.3, -0.25) is 19.3 Å². The molecule has 0 radical (unpaired) electrons. The van der Waals surface area contributed by atoms with Gasteiger partial charge in [-0.25, -0.2) is 0 Å². The lowest BCUT2D eigenvalue weighted by molar-refractivity contribution is -0.137. The predicted octanol–water partition coefficient (Wildman–Crippen LogP) is 5.59. The Morgan fingerprint density at radius 3 is 2.78 bits per heavy atom. The fourth-order valence-corrected chi connectivity index (χ4v) is 5.30. The summed E-state index contributed by atoms with van der Waals surface area (Å²) in [6, 6.07) is 10.8. The first-order valence-corrected chi connectivity index (χ1v) is 12.3. The van der Waals surface area contributed by atoms with Gasteiger partial charge in [-0.2, -0.15) is 18.3 Å². The Bertz CT molecular complexity index is 1370. The van der Waals surface area contributed by atoms with Crippen LogP contribution >= 0.6 is 23.5 Å². The summed E-state index contributed by atoms with van der Waals surface area (Å²) in [5, 5.41) is 9.42. The van der Waals surface area contributed by atoms with Crippen LogP contribution < -0.4 is 10.6 Å². The Hall–Kier alpha value is -3.51. The first kappa shape index (κ1) is 25.6. The van der Waals surface area contributed by atoms with Crippen molar-refractivity contribution in [3.05, 3.63) is 82.2 Å². The monoisotopic (exact) mass is 531 g/mol. The van der Waals surface area contributed by atoms with Gasteiger partial charge in [0.2, 0.25) is 0 Å². The zero-order chi connectivity index (χ0) is 25.9. The quantitative estimate of drug-likeness (QED) is 0.388. The number of amides is 2. The van der Waals surface area contributed by atoms with Gasteiger partial charge < -0.3 is 10.6 Å². The largest absolute Gasteiger partial charge is 0.419 e. The maximum atomic E-state index is 13.0. The van der Waals surface area contributed by atoms with Crippen LogP contribution in [0.25, 0.3) is 0 Å². The fourth-order valence-electron chi connectivity index (χ4n) is 3.44. The third-order valence-corrected chi connectivity index (χ3v) is 7.41. The van der Waals surface area contributed by atoms with Crippen molar-refractivity contribution in [1.82, 2.24) is 15.1 Å². The van der Waals surface area contributed by atoms with Gasteiger partial charge in [0.15, 0.2) is 0 Å². The molecule has 4 rings (SSSR count). The van der Waals surface area contributed by atoms with E-state index in [-0.39, 0.29) is 24.2 Å². The maximum Gasteiger partial charge on any atom is 0.419 e. The zero-order valence-corrected chi connectivity index (χ0v) is 20.6. The van der Waals surface area contributed by atoms with Gasteiger partial charge in [-0.15, -0.1) is 11.8 Å². The third-order valence-electron chi connectivity index (χ3n) is 5.26. The van der Waals surface area contributed by atoms with Gasteiger partial charge in [-0.1, -0.05) is 23.9 Å². The van der Waals surface area contributed by atoms with Crippen LogP contribution in [0, 0.1) is 6.92 Å². The van der Waals surface area contributed by atoms with Crippen LogP contribution in [0.5, 0.6) is 0 Å². The Morgan fingerprint density at radius 1 is 1.28 bits per heavy atom. The third kappa shape index (κ3) is 5.65. The summed E-state index contributed by atoms with van der Waals surface area (Å²) in [5.41, 5.74) is 1.31. The number of fused-ring (bicyclic) bond motifs is 2. The highest BCUT2D eigenvalue weighted by atomic mass is 32.2. The average Bonchev–Trinajstić information content (AvgIpc) is 3.27. The summed E-state index contributed by atoms with van der Waals surface area (Å²) in [6.07, 6.45) is -1.37. The number of alkyl halides is 3. The van der Waals surface area contributed by atoms with Crippen LogP contribution in [0.4, 0.5) is 18.9 Å². The molecule has 36 heavy (non-hydrogen) atoms. The molecule has 0 unspecified atom stereocenters. The molecule has 0 aliphatic carbocycles. The van der Waals surface area contributed by atoms with Crippen LogP contribution in [-0.4, -0.2) is 34.9 Å². The maximum absolute atomic E-state index is 13.0. The van der Waals surface area contributed by atoms with Crippen molar-refractivity contribution in [3.8, 4) is 0 Å². The molecule has 2 heterocycles. The molecule has 0 bridgehead atoms. The number of hydrogen-bond acceptors (Lipinski definition) is 6. The highest BCUT2D eigenvalue weighted by Crippen LogP contribution is 2.41. The minimum Gasteiger partial charge on any atom is -0.347 e. The summed E-state index contributed by atoms with van der Waals surface area (Å²) in [4.78, 5) is 31.6. The lowest BCUT2D eigenvalue weighted by Crippen LogP contribution is -2.26. The van der Waals surface area contributed by atoms with E-state index in [9.17, 15) is 22.8 Å². The summed E-state index contributed by atoms with van der Waals surface area (Å²) in [5.74, 6) is -0.525. The van der Waals surface area contributed by atoms with E-state index >= 15 is 0 Å². The van der Waals surface area contributed by atoms with E-state index in [0.717, 1.165) is 26.9 Å². The Balaban J connectivity index is 1.44. The Morgan fingerprint density at radius 2 is 2.06 bits per heavy atom. The molecule has 12 heteroatoms. The van der Waals surface area contributed by atoms with Gasteiger partial charge in [-0.05, 0) is 43.5 Å². The number of aliphatic imine (C=N–C) groups is 1. The molecule has 0 saturated carbocycles. The number of aromatic nitrogens is 2. The predicted molar refractivity (Wildman–Crippen MR) is 134 cm³/mol. The zero-order valence-electron chi connectivity index (χ0n) is 18.9. The number of halogens is 3. The number of hydrogen-bond donors (Lipinski definition) is 2. The lowest BCUT2D eigenvalue weighted by Gasteiger charge is -2.15. The van der Waals surface area contributed by atoms with Crippen molar-refractivity contribution in [1.29, 1.82) is 0 Å². The van der Waals surface area contributed by atoms with Crippen molar-refractivity contribution in [3.63, 3.8) is 0 Å². The second-order valence-corrected chi connectivity index (χ2v) is 9.82. The van der Waals surface area contributed by atoms with E-state index in [1.165, 1.54) is 29.7 Å². The van der Waals surface area contributed by atoms with E-state index in [4.69, 9.17) is 0 Å². The van der Waals surface area contributed by atoms with Crippen LogP contribution in [0.1, 0.15) is 31.8 Å². The molecule has 0 fully saturated rings. The molecule has 2 N–H and O–H groups in total.